The van der Waals surface area contributed by atoms with Gasteiger partial charge < -0.3 is 15.6 Å². The molecule has 0 bridgehead atoms. The Labute approximate surface area is 140 Å². The molecule has 0 unspecified atom stereocenters. The number of rotatable bonds is 5. The molecule has 3 N–H and O–H groups in total. The van der Waals surface area contributed by atoms with E-state index in [1.54, 1.807) is 6.07 Å². The molecule has 0 atom stereocenters. The molecule has 0 aliphatic carbocycles. The van der Waals surface area contributed by atoms with Crippen molar-refractivity contribution in [2.24, 2.45) is 0 Å². The molecule has 24 heavy (non-hydrogen) atoms. The van der Waals surface area contributed by atoms with E-state index in [0.29, 0.717) is 5.69 Å². The van der Waals surface area contributed by atoms with Gasteiger partial charge >= 0.3 is 0 Å². The van der Waals surface area contributed by atoms with Crippen LogP contribution in [-0.4, -0.2) is 23.3 Å². The van der Waals surface area contributed by atoms with Gasteiger partial charge in [0.1, 0.15) is 5.69 Å². The Morgan fingerprint density at radius 3 is 2.58 bits per heavy atom. The average molecular weight is 321 g/mol. The van der Waals surface area contributed by atoms with Gasteiger partial charge in [0.15, 0.2) is 0 Å². The van der Waals surface area contributed by atoms with Gasteiger partial charge in [0.25, 0.3) is 5.91 Å². The highest BCUT2D eigenvalue weighted by molar-refractivity contribution is 6.01. The standard InChI is InChI=1S/C19H19N3O2/c1-2-13-7-3-5-9-15(13)22-18(23)12-20-19(24)17-11-14-8-4-6-10-16(14)21-17/h3-11,21H,2,12H2,1H3,(H,20,24)(H,22,23). The van der Waals surface area contributed by atoms with Crippen molar-refractivity contribution in [1.82, 2.24) is 10.3 Å². The van der Waals surface area contributed by atoms with Gasteiger partial charge in [-0.1, -0.05) is 43.3 Å². The zero-order valence-electron chi connectivity index (χ0n) is 13.4. The summed E-state index contributed by atoms with van der Waals surface area (Å²) in [6.45, 7) is 1.95. The normalized spacial score (nSPS) is 10.5. The highest BCUT2D eigenvalue weighted by Crippen LogP contribution is 2.16. The van der Waals surface area contributed by atoms with Gasteiger partial charge in [-0.3, -0.25) is 9.59 Å². The molecular weight excluding hydrogens is 302 g/mol. The number of aromatic nitrogens is 1. The first-order valence-corrected chi connectivity index (χ1v) is 7.91. The van der Waals surface area contributed by atoms with Crippen LogP contribution in [0.2, 0.25) is 0 Å². The van der Waals surface area contributed by atoms with Gasteiger partial charge in [-0.2, -0.15) is 0 Å². The summed E-state index contributed by atoms with van der Waals surface area (Å²) in [5, 5.41) is 6.43. The average Bonchev–Trinajstić information content (AvgIpc) is 3.04. The molecule has 1 aromatic heterocycles. The van der Waals surface area contributed by atoms with Crippen LogP contribution in [0.3, 0.4) is 0 Å². The SMILES string of the molecule is CCc1ccccc1NC(=O)CNC(=O)c1cc2ccccc2[nH]1. The molecule has 2 amide bonds. The van der Waals surface area contributed by atoms with Crippen molar-refractivity contribution in [2.45, 2.75) is 13.3 Å². The van der Waals surface area contributed by atoms with Gasteiger partial charge in [-0.25, -0.2) is 0 Å². The first kappa shape index (κ1) is 15.8. The van der Waals surface area contributed by atoms with Crippen molar-refractivity contribution in [3.8, 4) is 0 Å². The highest BCUT2D eigenvalue weighted by atomic mass is 16.2. The number of carbonyl (C=O) groups is 2. The van der Waals surface area contributed by atoms with Crippen LogP contribution in [0.1, 0.15) is 23.0 Å². The minimum Gasteiger partial charge on any atom is -0.351 e. The number of nitrogens with one attached hydrogen (secondary N) is 3. The maximum Gasteiger partial charge on any atom is 0.268 e. The Morgan fingerprint density at radius 2 is 1.79 bits per heavy atom. The second-order valence-electron chi connectivity index (χ2n) is 5.51. The largest absolute Gasteiger partial charge is 0.351 e. The third-order valence-corrected chi connectivity index (χ3v) is 3.86. The fourth-order valence-electron chi connectivity index (χ4n) is 2.60. The smallest absolute Gasteiger partial charge is 0.268 e. The minimum atomic E-state index is -0.301. The summed E-state index contributed by atoms with van der Waals surface area (Å²) in [7, 11) is 0. The summed E-state index contributed by atoms with van der Waals surface area (Å²) in [5.41, 5.74) is 3.18. The zero-order valence-corrected chi connectivity index (χ0v) is 13.4. The third kappa shape index (κ3) is 3.46. The number of hydrogen-bond acceptors (Lipinski definition) is 2. The van der Waals surface area contributed by atoms with Crippen molar-refractivity contribution in [1.29, 1.82) is 0 Å². The molecule has 5 nitrogen and oxygen atoms in total. The van der Waals surface area contributed by atoms with Crippen molar-refractivity contribution < 1.29 is 9.59 Å². The van der Waals surface area contributed by atoms with Crippen molar-refractivity contribution in [3.05, 3.63) is 65.9 Å². The summed E-state index contributed by atoms with van der Waals surface area (Å²) in [6.07, 6.45) is 0.831. The number of fused-ring (bicyclic) bond motifs is 1. The molecule has 0 spiro atoms. The molecule has 2 aromatic carbocycles. The van der Waals surface area contributed by atoms with Crippen LogP contribution in [0, 0.1) is 0 Å². The molecule has 0 aliphatic heterocycles. The van der Waals surface area contributed by atoms with E-state index in [9.17, 15) is 9.59 Å². The second kappa shape index (κ2) is 7.00. The number of anilines is 1. The Balaban J connectivity index is 1.60. The van der Waals surface area contributed by atoms with Gasteiger partial charge in [-0.15, -0.1) is 0 Å². The third-order valence-electron chi connectivity index (χ3n) is 3.86. The number of benzene rings is 2. The molecule has 0 radical (unpaired) electrons. The predicted molar refractivity (Wildman–Crippen MR) is 95.1 cm³/mol. The van der Waals surface area contributed by atoms with Crippen LogP contribution in [0.4, 0.5) is 5.69 Å². The molecule has 0 saturated heterocycles. The first-order chi connectivity index (χ1) is 11.7. The number of aromatic amines is 1. The Hall–Kier alpha value is -3.08. The molecule has 0 fully saturated rings. The molecule has 3 rings (SSSR count). The van der Waals surface area contributed by atoms with E-state index >= 15 is 0 Å². The van der Waals surface area contributed by atoms with Crippen molar-refractivity contribution >= 4 is 28.4 Å². The molecule has 0 aliphatic rings. The van der Waals surface area contributed by atoms with E-state index in [1.165, 1.54) is 0 Å². The Kier molecular flexibility index (Phi) is 4.61. The van der Waals surface area contributed by atoms with Gasteiger partial charge in [0.05, 0.1) is 6.54 Å². The Bertz CT molecular complexity index is 850. The van der Waals surface area contributed by atoms with E-state index in [0.717, 1.165) is 28.6 Å². The van der Waals surface area contributed by atoms with Crippen LogP contribution in [0.15, 0.2) is 54.6 Å². The summed E-state index contributed by atoms with van der Waals surface area (Å²) >= 11 is 0. The summed E-state index contributed by atoms with van der Waals surface area (Å²) < 4.78 is 0. The van der Waals surface area contributed by atoms with Crippen LogP contribution in [-0.2, 0) is 11.2 Å². The van der Waals surface area contributed by atoms with E-state index in [2.05, 4.69) is 15.6 Å². The quantitative estimate of drug-likeness (QED) is 0.675. The number of carbonyl (C=O) groups excluding carboxylic acids is 2. The molecular formula is C19H19N3O2. The molecule has 3 aromatic rings. The summed E-state index contributed by atoms with van der Waals surface area (Å²) in [5.74, 6) is -0.550. The lowest BCUT2D eigenvalue weighted by atomic mass is 10.1. The summed E-state index contributed by atoms with van der Waals surface area (Å²) in [4.78, 5) is 27.3. The zero-order chi connectivity index (χ0) is 16.9. The number of hydrogen-bond donors (Lipinski definition) is 3. The van der Waals surface area contributed by atoms with E-state index in [-0.39, 0.29) is 18.4 Å². The monoisotopic (exact) mass is 321 g/mol. The van der Waals surface area contributed by atoms with Crippen LogP contribution < -0.4 is 10.6 Å². The lowest BCUT2D eigenvalue weighted by molar-refractivity contribution is -0.115. The fourth-order valence-corrected chi connectivity index (χ4v) is 2.60. The van der Waals surface area contributed by atoms with Gasteiger partial charge in [0, 0.05) is 16.6 Å². The van der Waals surface area contributed by atoms with Crippen molar-refractivity contribution in [3.63, 3.8) is 0 Å². The van der Waals surface area contributed by atoms with E-state index in [4.69, 9.17) is 0 Å². The second-order valence-corrected chi connectivity index (χ2v) is 5.51. The number of para-hydroxylation sites is 2. The Morgan fingerprint density at radius 1 is 1.04 bits per heavy atom. The van der Waals surface area contributed by atoms with Crippen LogP contribution >= 0.6 is 0 Å². The van der Waals surface area contributed by atoms with Gasteiger partial charge in [-0.05, 0) is 30.2 Å². The summed E-state index contributed by atoms with van der Waals surface area (Å²) in [6, 6.07) is 17.1. The maximum atomic E-state index is 12.2. The number of aryl methyl sites for hydroxylation is 1. The van der Waals surface area contributed by atoms with Crippen LogP contribution in [0.5, 0.6) is 0 Å². The molecule has 0 saturated carbocycles. The fraction of sp³-hybridized carbons (Fsp3) is 0.158. The van der Waals surface area contributed by atoms with E-state index in [1.807, 2.05) is 55.5 Å². The minimum absolute atomic E-state index is 0.0771. The predicted octanol–water partition coefficient (Wildman–Crippen LogP) is 3.10. The topological polar surface area (TPSA) is 74.0 Å². The molecule has 122 valence electrons. The van der Waals surface area contributed by atoms with E-state index < -0.39 is 0 Å². The van der Waals surface area contributed by atoms with Crippen molar-refractivity contribution in [2.75, 3.05) is 11.9 Å². The lowest BCUT2D eigenvalue weighted by Crippen LogP contribution is -2.33. The maximum absolute atomic E-state index is 12.2. The molecule has 5 heteroatoms. The number of H-pyrrole nitrogens is 1. The van der Waals surface area contributed by atoms with Gasteiger partial charge in [0.2, 0.25) is 5.91 Å². The highest BCUT2D eigenvalue weighted by Gasteiger charge is 2.11. The molecule has 1 heterocycles. The number of amides is 2. The first-order valence-electron chi connectivity index (χ1n) is 7.91. The lowest BCUT2D eigenvalue weighted by Gasteiger charge is -2.10. The van der Waals surface area contributed by atoms with Crippen LogP contribution in [0.25, 0.3) is 10.9 Å².